The fraction of sp³-hybridized carbons (Fsp3) is 0.733. The second-order valence-corrected chi connectivity index (χ2v) is 8.78. The van der Waals surface area contributed by atoms with Gasteiger partial charge in [0.1, 0.15) is 0 Å². The molecule has 1 aromatic heterocycles. The van der Waals surface area contributed by atoms with Crippen LogP contribution in [0.4, 0.5) is 11.9 Å². The monoisotopic (exact) mass is 385 g/mol. The average Bonchev–Trinajstić information content (AvgIpc) is 2.58. The van der Waals surface area contributed by atoms with E-state index in [0.29, 0.717) is 43.7 Å². The number of carbonyl (C=O) groups is 1. The van der Waals surface area contributed by atoms with E-state index in [0.717, 1.165) is 0 Å². The highest BCUT2D eigenvalue weighted by molar-refractivity contribution is 7.88. The van der Waals surface area contributed by atoms with E-state index in [1.807, 2.05) is 28.2 Å². The van der Waals surface area contributed by atoms with Crippen LogP contribution >= 0.6 is 0 Å². The maximum absolute atomic E-state index is 12.4. The maximum atomic E-state index is 12.4. The molecule has 0 spiro atoms. The van der Waals surface area contributed by atoms with Crippen LogP contribution in [0.15, 0.2) is 0 Å². The Labute approximate surface area is 154 Å². The third-order valence-corrected chi connectivity index (χ3v) is 5.48. The predicted molar refractivity (Wildman–Crippen MR) is 99.5 cm³/mol. The van der Waals surface area contributed by atoms with Gasteiger partial charge in [-0.3, -0.25) is 4.79 Å². The molecule has 1 aliphatic heterocycles. The minimum absolute atomic E-state index is 0.101. The van der Waals surface area contributed by atoms with Crippen LogP contribution in [0.5, 0.6) is 0 Å². The van der Waals surface area contributed by atoms with Gasteiger partial charge in [-0.1, -0.05) is 0 Å². The van der Waals surface area contributed by atoms with Crippen LogP contribution in [-0.2, 0) is 21.4 Å². The van der Waals surface area contributed by atoms with E-state index in [1.54, 1.807) is 9.80 Å². The van der Waals surface area contributed by atoms with E-state index < -0.39 is 10.0 Å². The Morgan fingerprint density at radius 2 is 1.58 bits per heavy atom. The minimum atomic E-state index is -3.19. The van der Waals surface area contributed by atoms with Gasteiger partial charge in [0.15, 0.2) is 5.82 Å². The smallest absolute Gasteiger partial charge is 0.229 e. The van der Waals surface area contributed by atoms with Gasteiger partial charge in [-0.15, -0.1) is 0 Å². The lowest BCUT2D eigenvalue weighted by Gasteiger charge is -2.29. The molecular weight excluding hydrogens is 358 g/mol. The van der Waals surface area contributed by atoms with Crippen LogP contribution in [0.25, 0.3) is 0 Å². The standard InChI is InChI=1S/C15H27N7O3S/c1-20(2)14-17-12(18-15(19-14)21(3)4)10-16-13(23)11-6-8-22(9-7-11)26(5,24)25/h11H,6-10H2,1-5H3,(H,16,23). The molecule has 0 saturated carbocycles. The number of hydrogen-bond donors (Lipinski definition) is 1. The average molecular weight is 385 g/mol. The Hall–Kier alpha value is -2.01. The third-order valence-electron chi connectivity index (χ3n) is 4.17. The lowest BCUT2D eigenvalue weighted by Crippen LogP contribution is -2.42. The fourth-order valence-electron chi connectivity index (χ4n) is 2.63. The van der Waals surface area contributed by atoms with Crippen molar-refractivity contribution in [2.24, 2.45) is 5.92 Å². The highest BCUT2D eigenvalue weighted by Crippen LogP contribution is 2.19. The van der Waals surface area contributed by atoms with Crippen molar-refractivity contribution in [3.05, 3.63) is 5.82 Å². The molecule has 11 heteroatoms. The van der Waals surface area contributed by atoms with Crippen molar-refractivity contribution < 1.29 is 13.2 Å². The van der Waals surface area contributed by atoms with Gasteiger partial charge in [0.2, 0.25) is 27.8 Å². The van der Waals surface area contributed by atoms with Crippen molar-refractivity contribution in [3.8, 4) is 0 Å². The van der Waals surface area contributed by atoms with Gasteiger partial charge in [0, 0.05) is 47.2 Å². The zero-order valence-electron chi connectivity index (χ0n) is 15.9. The molecule has 0 aromatic carbocycles. The molecule has 10 nitrogen and oxygen atoms in total. The van der Waals surface area contributed by atoms with Crippen LogP contribution < -0.4 is 15.1 Å². The second-order valence-electron chi connectivity index (χ2n) is 6.79. The molecule has 0 radical (unpaired) electrons. The highest BCUT2D eigenvalue weighted by Gasteiger charge is 2.28. The summed E-state index contributed by atoms with van der Waals surface area (Å²) < 4.78 is 24.5. The quantitative estimate of drug-likeness (QED) is 0.684. The molecule has 1 N–H and O–H groups in total. The molecule has 0 aliphatic carbocycles. The molecule has 1 fully saturated rings. The molecule has 1 aliphatic rings. The van der Waals surface area contributed by atoms with Crippen molar-refractivity contribution in [3.63, 3.8) is 0 Å². The molecule has 0 bridgehead atoms. The van der Waals surface area contributed by atoms with Crippen molar-refractivity contribution >= 4 is 27.8 Å². The van der Waals surface area contributed by atoms with Crippen LogP contribution in [0.2, 0.25) is 0 Å². The Morgan fingerprint density at radius 3 is 2.00 bits per heavy atom. The van der Waals surface area contributed by atoms with E-state index >= 15 is 0 Å². The van der Waals surface area contributed by atoms with Crippen molar-refractivity contribution in [2.75, 3.05) is 57.3 Å². The first kappa shape index (κ1) is 20.3. The Balaban J connectivity index is 1.97. The van der Waals surface area contributed by atoms with E-state index in [4.69, 9.17) is 0 Å². The molecule has 146 valence electrons. The summed E-state index contributed by atoms with van der Waals surface area (Å²) >= 11 is 0. The number of anilines is 2. The van der Waals surface area contributed by atoms with E-state index in [2.05, 4.69) is 20.3 Å². The Morgan fingerprint density at radius 1 is 1.08 bits per heavy atom. The summed E-state index contributed by atoms with van der Waals surface area (Å²) in [6.07, 6.45) is 2.23. The number of hydrogen-bond acceptors (Lipinski definition) is 8. The Kier molecular flexibility index (Phi) is 6.34. The number of nitrogens with one attached hydrogen (secondary N) is 1. The molecule has 0 atom stereocenters. The van der Waals surface area contributed by atoms with Gasteiger partial charge in [-0.25, -0.2) is 12.7 Å². The van der Waals surface area contributed by atoms with Crippen molar-refractivity contribution in [1.82, 2.24) is 24.6 Å². The number of carbonyl (C=O) groups excluding carboxylic acids is 1. The zero-order chi connectivity index (χ0) is 19.5. The van der Waals surface area contributed by atoms with Crippen LogP contribution in [-0.4, -0.2) is 81.1 Å². The summed E-state index contributed by atoms with van der Waals surface area (Å²) in [4.78, 5) is 29.0. The predicted octanol–water partition coefficient (Wildman–Crippen LogP) is -0.709. The molecule has 0 unspecified atom stereocenters. The second kappa shape index (κ2) is 8.12. The van der Waals surface area contributed by atoms with E-state index in [-0.39, 0.29) is 18.4 Å². The van der Waals surface area contributed by atoms with Gasteiger partial charge < -0.3 is 15.1 Å². The van der Waals surface area contributed by atoms with Crippen molar-refractivity contribution in [2.45, 2.75) is 19.4 Å². The fourth-order valence-corrected chi connectivity index (χ4v) is 3.51. The number of aromatic nitrogens is 3. The molecule has 26 heavy (non-hydrogen) atoms. The summed E-state index contributed by atoms with van der Waals surface area (Å²) in [6.45, 7) is 0.950. The first-order chi connectivity index (χ1) is 12.1. The number of sulfonamides is 1. The van der Waals surface area contributed by atoms with Crippen LogP contribution in [0.1, 0.15) is 18.7 Å². The first-order valence-electron chi connectivity index (χ1n) is 8.40. The Bertz CT molecular complexity index is 717. The molecule has 1 aromatic rings. The minimum Gasteiger partial charge on any atom is -0.349 e. The number of amides is 1. The molecule has 1 saturated heterocycles. The first-order valence-corrected chi connectivity index (χ1v) is 10.2. The molecule has 1 amide bonds. The van der Waals surface area contributed by atoms with E-state index in [1.165, 1.54) is 10.6 Å². The largest absolute Gasteiger partial charge is 0.349 e. The third kappa shape index (κ3) is 5.24. The van der Waals surface area contributed by atoms with Crippen molar-refractivity contribution in [1.29, 1.82) is 0 Å². The lowest BCUT2D eigenvalue weighted by atomic mass is 9.97. The lowest BCUT2D eigenvalue weighted by molar-refractivity contribution is -0.126. The van der Waals surface area contributed by atoms with Gasteiger partial charge in [-0.2, -0.15) is 15.0 Å². The molecule has 2 heterocycles. The number of piperidine rings is 1. The summed E-state index contributed by atoms with van der Waals surface area (Å²) in [6, 6.07) is 0. The summed E-state index contributed by atoms with van der Waals surface area (Å²) in [5, 5.41) is 2.86. The number of nitrogens with zero attached hydrogens (tertiary/aromatic N) is 6. The zero-order valence-corrected chi connectivity index (χ0v) is 16.7. The molecular formula is C15H27N7O3S. The highest BCUT2D eigenvalue weighted by atomic mass is 32.2. The van der Waals surface area contributed by atoms with Gasteiger partial charge in [0.05, 0.1) is 12.8 Å². The SMILES string of the molecule is CN(C)c1nc(CNC(=O)C2CCN(S(C)(=O)=O)CC2)nc(N(C)C)n1. The van der Waals surface area contributed by atoms with Gasteiger partial charge in [0.25, 0.3) is 0 Å². The van der Waals surface area contributed by atoms with Gasteiger partial charge >= 0.3 is 0 Å². The molecule has 2 rings (SSSR count). The summed E-state index contributed by atoms with van der Waals surface area (Å²) in [7, 11) is 4.17. The summed E-state index contributed by atoms with van der Waals surface area (Å²) in [5.74, 6) is 1.23. The maximum Gasteiger partial charge on any atom is 0.229 e. The van der Waals surface area contributed by atoms with Gasteiger partial charge in [-0.05, 0) is 12.8 Å². The topological polar surface area (TPSA) is 112 Å². The van der Waals surface area contributed by atoms with Crippen LogP contribution in [0, 0.1) is 5.92 Å². The van der Waals surface area contributed by atoms with Crippen LogP contribution in [0.3, 0.4) is 0 Å². The van der Waals surface area contributed by atoms with E-state index in [9.17, 15) is 13.2 Å². The number of rotatable bonds is 6. The summed E-state index contributed by atoms with van der Waals surface area (Å²) in [5.41, 5.74) is 0. The normalized spacial score (nSPS) is 16.3.